The van der Waals surface area contributed by atoms with Crippen LogP contribution in [-0.4, -0.2) is 25.2 Å². The zero-order valence-corrected chi connectivity index (χ0v) is 15.9. The van der Waals surface area contributed by atoms with Crippen LogP contribution in [0.3, 0.4) is 0 Å². The van der Waals surface area contributed by atoms with Crippen LogP contribution in [0.5, 0.6) is 11.5 Å². The van der Waals surface area contributed by atoms with Gasteiger partial charge < -0.3 is 19.7 Å². The minimum absolute atomic E-state index is 0.156. The van der Waals surface area contributed by atoms with Crippen LogP contribution in [0, 0.1) is 0 Å². The SMILES string of the molecule is CCN(C(=O)c1cccc(C(=O)Nc2ccc3c(c2)OCO3)c1)c1ccccc1. The van der Waals surface area contributed by atoms with Gasteiger partial charge in [0.1, 0.15) is 0 Å². The second-order valence-corrected chi connectivity index (χ2v) is 6.49. The number of rotatable bonds is 5. The molecule has 1 aliphatic rings. The number of ether oxygens (including phenoxy) is 2. The van der Waals surface area contributed by atoms with Gasteiger partial charge in [0.15, 0.2) is 11.5 Å². The summed E-state index contributed by atoms with van der Waals surface area (Å²) in [5.74, 6) is 0.780. The molecule has 0 saturated carbocycles. The third-order valence-electron chi connectivity index (χ3n) is 4.63. The Labute approximate surface area is 168 Å². The largest absolute Gasteiger partial charge is 0.454 e. The van der Waals surface area contributed by atoms with E-state index in [-0.39, 0.29) is 18.6 Å². The van der Waals surface area contributed by atoms with Crippen LogP contribution in [0.15, 0.2) is 72.8 Å². The van der Waals surface area contributed by atoms with Crippen molar-refractivity contribution in [1.82, 2.24) is 0 Å². The molecule has 4 rings (SSSR count). The molecule has 1 N–H and O–H groups in total. The number of benzene rings is 3. The van der Waals surface area contributed by atoms with Gasteiger partial charge in [-0.1, -0.05) is 24.3 Å². The van der Waals surface area contributed by atoms with E-state index in [0.717, 1.165) is 5.69 Å². The molecule has 2 amide bonds. The molecule has 0 aromatic heterocycles. The molecule has 0 radical (unpaired) electrons. The number of nitrogens with one attached hydrogen (secondary N) is 1. The normalized spacial score (nSPS) is 11.8. The van der Waals surface area contributed by atoms with Gasteiger partial charge in [0.2, 0.25) is 6.79 Å². The highest BCUT2D eigenvalue weighted by atomic mass is 16.7. The molecule has 29 heavy (non-hydrogen) atoms. The Balaban J connectivity index is 1.53. The highest BCUT2D eigenvalue weighted by molar-refractivity contribution is 6.09. The van der Waals surface area contributed by atoms with Crippen LogP contribution >= 0.6 is 0 Å². The number of carbonyl (C=O) groups excluding carboxylic acids is 2. The highest BCUT2D eigenvalue weighted by Gasteiger charge is 2.18. The van der Waals surface area contributed by atoms with Gasteiger partial charge in [0.05, 0.1) is 0 Å². The Morgan fingerprint density at radius 3 is 2.45 bits per heavy atom. The lowest BCUT2D eigenvalue weighted by molar-refractivity contribution is 0.0988. The van der Waals surface area contributed by atoms with Crippen LogP contribution in [0.25, 0.3) is 0 Å². The smallest absolute Gasteiger partial charge is 0.258 e. The molecule has 3 aromatic rings. The Bertz CT molecular complexity index is 1050. The van der Waals surface area contributed by atoms with Crippen molar-refractivity contribution in [3.63, 3.8) is 0 Å². The zero-order valence-electron chi connectivity index (χ0n) is 15.9. The molecule has 146 valence electrons. The second-order valence-electron chi connectivity index (χ2n) is 6.49. The predicted octanol–water partition coefficient (Wildman–Crippen LogP) is 4.33. The number of carbonyl (C=O) groups is 2. The molecular formula is C23H20N2O4. The van der Waals surface area contributed by atoms with E-state index in [2.05, 4.69) is 5.32 Å². The van der Waals surface area contributed by atoms with Crippen molar-refractivity contribution in [3.05, 3.63) is 83.9 Å². The van der Waals surface area contributed by atoms with Crippen LogP contribution in [0.2, 0.25) is 0 Å². The Morgan fingerprint density at radius 1 is 0.897 bits per heavy atom. The summed E-state index contributed by atoms with van der Waals surface area (Å²) in [6.07, 6.45) is 0. The number of anilines is 2. The summed E-state index contributed by atoms with van der Waals surface area (Å²) < 4.78 is 10.6. The fourth-order valence-electron chi connectivity index (χ4n) is 3.18. The molecular weight excluding hydrogens is 368 g/mol. The van der Waals surface area contributed by atoms with Crippen LogP contribution in [0.1, 0.15) is 27.6 Å². The van der Waals surface area contributed by atoms with Crippen molar-refractivity contribution in [3.8, 4) is 11.5 Å². The monoisotopic (exact) mass is 388 g/mol. The quantitative estimate of drug-likeness (QED) is 0.706. The predicted molar refractivity (Wildman–Crippen MR) is 111 cm³/mol. The summed E-state index contributed by atoms with van der Waals surface area (Å²) in [7, 11) is 0. The molecule has 0 fully saturated rings. The zero-order chi connectivity index (χ0) is 20.2. The van der Waals surface area contributed by atoms with Crippen molar-refractivity contribution in [1.29, 1.82) is 0 Å². The lowest BCUT2D eigenvalue weighted by Crippen LogP contribution is -2.30. The van der Waals surface area contributed by atoms with Gasteiger partial charge in [-0.25, -0.2) is 0 Å². The average molecular weight is 388 g/mol. The van der Waals surface area contributed by atoms with E-state index in [1.165, 1.54) is 0 Å². The van der Waals surface area contributed by atoms with Crippen molar-refractivity contribution >= 4 is 23.2 Å². The maximum atomic E-state index is 13.0. The first kappa shape index (κ1) is 18.6. The minimum Gasteiger partial charge on any atom is -0.454 e. The van der Waals surface area contributed by atoms with E-state index in [4.69, 9.17) is 9.47 Å². The van der Waals surface area contributed by atoms with E-state index in [1.54, 1.807) is 47.4 Å². The topological polar surface area (TPSA) is 67.9 Å². The summed E-state index contributed by atoms with van der Waals surface area (Å²) in [6.45, 7) is 2.61. The summed E-state index contributed by atoms with van der Waals surface area (Å²) in [5, 5.41) is 2.83. The lowest BCUT2D eigenvalue weighted by atomic mass is 10.1. The minimum atomic E-state index is -0.304. The summed E-state index contributed by atoms with van der Waals surface area (Å²) in [6, 6.07) is 21.4. The summed E-state index contributed by atoms with van der Waals surface area (Å²) in [4.78, 5) is 27.4. The number of amides is 2. The van der Waals surface area contributed by atoms with Gasteiger partial charge in [-0.05, 0) is 49.4 Å². The molecule has 1 heterocycles. The highest BCUT2D eigenvalue weighted by Crippen LogP contribution is 2.34. The summed E-state index contributed by atoms with van der Waals surface area (Å²) >= 11 is 0. The van der Waals surface area contributed by atoms with E-state index >= 15 is 0 Å². The molecule has 0 spiro atoms. The molecule has 0 unspecified atom stereocenters. The van der Waals surface area contributed by atoms with Gasteiger partial charge in [0, 0.05) is 35.1 Å². The first-order chi connectivity index (χ1) is 14.2. The lowest BCUT2D eigenvalue weighted by Gasteiger charge is -2.21. The first-order valence-electron chi connectivity index (χ1n) is 9.33. The van der Waals surface area contributed by atoms with Gasteiger partial charge in [-0.2, -0.15) is 0 Å². The van der Waals surface area contributed by atoms with Gasteiger partial charge in [0.25, 0.3) is 11.8 Å². The van der Waals surface area contributed by atoms with Gasteiger partial charge >= 0.3 is 0 Å². The molecule has 6 heteroatoms. The van der Waals surface area contributed by atoms with E-state index < -0.39 is 0 Å². The molecule has 0 saturated heterocycles. The fraction of sp³-hybridized carbons (Fsp3) is 0.130. The summed E-state index contributed by atoms with van der Waals surface area (Å²) in [5.41, 5.74) is 2.26. The molecule has 3 aromatic carbocycles. The molecule has 6 nitrogen and oxygen atoms in total. The van der Waals surface area contributed by atoms with Crippen molar-refractivity contribution < 1.29 is 19.1 Å². The Hall–Kier alpha value is -3.80. The van der Waals surface area contributed by atoms with Crippen molar-refractivity contribution in [2.24, 2.45) is 0 Å². The molecule has 0 bridgehead atoms. The second kappa shape index (κ2) is 8.06. The van der Waals surface area contributed by atoms with E-state index in [1.807, 2.05) is 37.3 Å². The molecule has 0 aliphatic carbocycles. The Kier molecular flexibility index (Phi) is 5.16. The maximum absolute atomic E-state index is 13.0. The van der Waals surface area contributed by atoms with Crippen LogP contribution in [-0.2, 0) is 0 Å². The Morgan fingerprint density at radius 2 is 1.66 bits per heavy atom. The number of hydrogen-bond donors (Lipinski definition) is 1. The van der Waals surface area contributed by atoms with E-state index in [9.17, 15) is 9.59 Å². The third kappa shape index (κ3) is 3.91. The number of fused-ring (bicyclic) bond motifs is 1. The van der Waals surface area contributed by atoms with Crippen LogP contribution < -0.4 is 19.7 Å². The van der Waals surface area contributed by atoms with Gasteiger partial charge in [-0.3, -0.25) is 9.59 Å². The maximum Gasteiger partial charge on any atom is 0.258 e. The number of hydrogen-bond acceptors (Lipinski definition) is 4. The average Bonchev–Trinajstić information content (AvgIpc) is 3.23. The number of nitrogens with zero attached hydrogens (tertiary/aromatic N) is 1. The van der Waals surface area contributed by atoms with Crippen molar-refractivity contribution in [2.45, 2.75) is 6.92 Å². The van der Waals surface area contributed by atoms with Crippen molar-refractivity contribution in [2.75, 3.05) is 23.6 Å². The first-order valence-corrected chi connectivity index (χ1v) is 9.33. The molecule has 0 atom stereocenters. The number of para-hydroxylation sites is 1. The van der Waals surface area contributed by atoms with E-state index in [0.29, 0.717) is 34.9 Å². The molecule has 1 aliphatic heterocycles. The van der Waals surface area contributed by atoms with Gasteiger partial charge in [-0.15, -0.1) is 0 Å². The third-order valence-corrected chi connectivity index (χ3v) is 4.63. The fourth-order valence-corrected chi connectivity index (χ4v) is 3.18. The van der Waals surface area contributed by atoms with Crippen LogP contribution in [0.4, 0.5) is 11.4 Å². The standard InChI is InChI=1S/C23H20N2O4/c1-2-25(19-9-4-3-5-10-19)23(27)17-8-6-7-16(13-17)22(26)24-18-11-12-20-21(14-18)29-15-28-20/h3-14H,2,15H2,1H3,(H,24,26).